The van der Waals surface area contributed by atoms with Crippen LogP contribution in [0.2, 0.25) is 0 Å². The maximum absolute atomic E-state index is 13.1. The number of hydrogen-bond acceptors (Lipinski definition) is 3. The Bertz CT molecular complexity index is 949. The van der Waals surface area contributed by atoms with E-state index in [0.717, 1.165) is 44.9 Å². The molecule has 0 aromatic rings. The van der Waals surface area contributed by atoms with Gasteiger partial charge in [-0.05, 0) is 90.8 Å². The summed E-state index contributed by atoms with van der Waals surface area (Å²) < 4.78 is 0. The lowest BCUT2D eigenvalue weighted by Gasteiger charge is -2.71. The van der Waals surface area contributed by atoms with Gasteiger partial charge in [0.2, 0.25) is 0 Å². The molecule has 0 bridgehead atoms. The Hall–Kier alpha value is -1.16. The maximum Gasteiger partial charge on any atom is 0.310 e. The van der Waals surface area contributed by atoms with Crippen LogP contribution in [0.4, 0.5) is 0 Å². The molecule has 190 valence electrons. The van der Waals surface area contributed by atoms with Crippen LogP contribution < -0.4 is 0 Å². The summed E-state index contributed by atoms with van der Waals surface area (Å²) in [5, 5.41) is 21.3. The summed E-state index contributed by atoms with van der Waals surface area (Å²) in [6.07, 6.45) is 8.62. The third-order valence-corrected chi connectivity index (χ3v) is 13.1. The molecule has 5 aliphatic rings. The molecule has 5 aliphatic carbocycles. The van der Waals surface area contributed by atoms with Crippen molar-refractivity contribution in [3.05, 3.63) is 11.6 Å². The molecule has 0 heterocycles. The van der Waals surface area contributed by atoms with E-state index < -0.39 is 22.9 Å². The second kappa shape index (κ2) is 7.20. The summed E-state index contributed by atoms with van der Waals surface area (Å²) in [6.45, 7) is 16.1. The van der Waals surface area contributed by atoms with Crippen molar-refractivity contribution in [2.75, 3.05) is 0 Å². The number of carboxylic acids is 1. The molecule has 4 fully saturated rings. The lowest BCUT2D eigenvalue weighted by atomic mass is 9.33. The third-order valence-electron chi connectivity index (χ3n) is 13.1. The first-order valence-corrected chi connectivity index (χ1v) is 13.8. The van der Waals surface area contributed by atoms with Gasteiger partial charge < -0.3 is 10.2 Å². The van der Waals surface area contributed by atoms with E-state index in [1.54, 1.807) is 0 Å². The van der Waals surface area contributed by atoms with Crippen LogP contribution in [0, 0.1) is 56.7 Å². The molecule has 0 aromatic heterocycles. The van der Waals surface area contributed by atoms with E-state index in [1.807, 2.05) is 0 Å². The molecule has 0 radical (unpaired) electrons. The minimum atomic E-state index is -0.865. The predicted molar refractivity (Wildman–Crippen MR) is 133 cm³/mol. The Morgan fingerprint density at radius 3 is 2.29 bits per heavy atom. The molecular formula is C30H46O4. The van der Waals surface area contributed by atoms with E-state index in [1.165, 1.54) is 5.57 Å². The molecule has 0 spiro atoms. The quantitative estimate of drug-likeness (QED) is 0.443. The Balaban J connectivity index is 1.63. The van der Waals surface area contributed by atoms with Crippen LogP contribution in [-0.2, 0) is 9.59 Å². The third kappa shape index (κ3) is 2.70. The Labute approximate surface area is 206 Å². The normalized spacial score (nSPS) is 54.1. The van der Waals surface area contributed by atoms with Gasteiger partial charge in [-0.2, -0.15) is 0 Å². The number of aliphatic hydroxyl groups is 1. The van der Waals surface area contributed by atoms with Crippen LogP contribution in [-0.4, -0.2) is 28.1 Å². The van der Waals surface area contributed by atoms with Crippen molar-refractivity contribution < 1.29 is 19.8 Å². The van der Waals surface area contributed by atoms with Crippen LogP contribution >= 0.6 is 0 Å². The second-order valence-corrected chi connectivity index (χ2v) is 14.5. The zero-order valence-corrected chi connectivity index (χ0v) is 22.4. The van der Waals surface area contributed by atoms with Crippen molar-refractivity contribution in [2.45, 2.75) is 106 Å². The summed E-state index contributed by atoms with van der Waals surface area (Å²) >= 11 is 0. The highest BCUT2D eigenvalue weighted by Gasteiger charge is 2.70. The summed E-state index contributed by atoms with van der Waals surface area (Å²) in [5.74, 6) is 1.14. The Morgan fingerprint density at radius 2 is 1.65 bits per heavy atom. The highest BCUT2D eigenvalue weighted by molar-refractivity contribution is 5.85. The molecular weight excluding hydrogens is 424 g/mol. The molecule has 0 aliphatic heterocycles. The van der Waals surface area contributed by atoms with Crippen molar-refractivity contribution in [3.8, 4) is 0 Å². The molecule has 0 amide bonds. The fourth-order valence-corrected chi connectivity index (χ4v) is 10.8. The van der Waals surface area contributed by atoms with Gasteiger partial charge in [-0.1, -0.05) is 60.1 Å². The van der Waals surface area contributed by atoms with Crippen molar-refractivity contribution in [3.63, 3.8) is 0 Å². The average molecular weight is 471 g/mol. The summed E-state index contributed by atoms with van der Waals surface area (Å²) in [6, 6.07) is 0. The number of aliphatic hydroxyl groups excluding tert-OH is 1. The van der Waals surface area contributed by atoms with Gasteiger partial charge in [0.25, 0.3) is 0 Å². The number of fused-ring (bicyclic) bond motifs is 7. The molecule has 2 N–H and O–H groups in total. The molecule has 10 atom stereocenters. The highest BCUT2D eigenvalue weighted by Crippen LogP contribution is 2.75. The van der Waals surface area contributed by atoms with Crippen molar-refractivity contribution in [1.82, 2.24) is 0 Å². The van der Waals surface area contributed by atoms with E-state index in [4.69, 9.17) is 0 Å². The first-order chi connectivity index (χ1) is 15.7. The first-order valence-electron chi connectivity index (χ1n) is 13.8. The molecule has 34 heavy (non-hydrogen) atoms. The monoisotopic (exact) mass is 470 g/mol. The number of carboxylic acid groups (broad SMARTS) is 1. The Kier molecular flexibility index (Phi) is 5.20. The molecule has 0 saturated heterocycles. The standard InChI is InChI=1S/C30H46O4/c1-17-10-13-30(25(33)34)15-14-28(6)19(23(30)18(17)2)8-9-22-27(5)16-20(31)24(32)26(3,4)21(27)11-12-29(22,28)7/h8,17-18,21-24,32H,9-16H2,1-7H3,(H,33,34)/t17-,18+,21?,22-,23+,24+,27+,28-,29-,30+/m1/s1. The SMILES string of the molecule is C[C@H]1[C@H](C)CC[C@]2(C(=O)O)CC[C@]3(C)C(=CC[C@@H]4[C@@]5(C)CC(=O)[C@H](O)C(C)(C)C5CC[C@]43C)[C@H]12. The molecule has 4 nitrogen and oxygen atoms in total. The molecule has 4 heteroatoms. The number of carbonyl (C=O) groups excluding carboxylic acids is 1. The van der Waals surface area contributed by atoms with Crippen LogP contribution in [0.25, 0.3) is 0 Å². The van der Waals surface area contributed by atoms with Gasteiger partial charge in [0.1, 0.15) is 6.10 Å². The zero-order chi connectivity index (χ0) is 25.1. The first kappa shape index (κ1) is 24.5. The van der Waals surface area contributed by atoms with Gasteiger partial charge in [-0.3, -0.25) is 9.59 Å². The molecule has 1 unspecified atom stereocenters. The zero-order valence-electron chi connectivity index (χ0n) is 22.4. The average Bonchev–Trinajstić information content (AvgIpc) is 2.75. The number of aliphatic carboxylic acids is 1. The second-order valence-electron chi connectivity index (χ2n) is 14.5. The number of ketones is 1. The molecule has 4 saturated carbocycles. The largest absolute Gasteiger partial charge is 0.481 e. The minimum absolute atomic E-state index is 0.0104. The highest BCUT2D eigenvalue weighted by atomic mass is 16.4. The fourth-order valence-electron chi connectivity index (χ4n) is 10.8. The summed E-state index contributed by atoms with van der Waals surface area (Å²) in [5.41, 5.74) is 0.268. The number of Topliss-reactive ketones (excluding diaryl/α,β-unsaturated/α-hetero) is 1. The van der Waals surface area contributed by atoms with Gasteiger partial charge in [0.15, 0.2) is 5.78 Å². The number of rotatable bonds is 1. The van der Waals surface area contributed by atoms with Gasteiger partial charge >= 0.3 is 5.97 Å². The van der Waals surface area contributed by atoms with Crippen molar-refractivity contribution in [2.24, 2.45) is 56.7 Å². The number of carbonyl (C=O) groups is 2. The lowest BCUT2D eigenvalue weighted by Crippen LogP contribution is -2.66. The minimum Gasteiger partial charge on any atom is -0.481 e. The van der Waals surface area contributed by atoms with E-state index in [2.05, 4.69) is 54.5 Å². The van der Waals surface area contributed by atoms with Crippen molar-refractivity contribution in [1.29, 1.82) is 0 Å². The number of hydrogen-bond donors (Lipinski definition) is 2. The maximum atomic E-state index is 13.1. The topological polar surface area (TPSA) is 74.6 Å². The van der Waals surface area contributed by atoms with Crippen LogP contribution in [0.3, 0.4) is 0 Å². The van der Waals surface area contributed by atoms with Crippen LogP contribution in [0.5, 0.6) is 0 Å². The number of allylic oxidation sites excluding steroid dienone is 2. The smallest absolute Gasteiger partial charge is 0.310 e. The van der Waals surface area contributed by atoms with Gasteiger partial charge in [0.05, 0.1) is 5.41 Å². The lowest BCUT2D eigenvalue weighted by molar-refractivity contribution is -0.205. The van der Waals surface area contributed by atoms with Crippen LogP contribution in [0.1, 0.15) is 99.8 Å². The van der Waals surface area contributed by atoms with E-state index in [-0.39, 0.29) is 27.9 Å². The van der Waals surface area contributed by atoms with Gasteiger partial charge in [-0.15, -0.1) is 0 Å². The summed E-state index contributed by atoms with van der Waals surface area (Å²) in [4.78, 5) is 25.9. The summed E-state index contributed by atoms with van der Waals surface area (Å²) in [7, 11) is 0. The fraction of sp³-hybridized carbons (Fsp3) is 0.867. The van der Waals surface area contributed by atoms with Gasteiger partial charge in [-0.25, -0.2) is 0 Å². The molecule has 0 aromatic carbocycles. The van der Waals surface area contributed by atoms with E-state index >= 15 is 0 Å². The van der Waals surface area contributed by atoms with Crippen LogP contribution in [0.15, 0.2) is 11.6 Å². The van der Waals surface area contributed by atoms with E-state index in [0.29, 0.717) is 30.1 Å². The van der Waals surface area contributed by atoms with E-state index in [9.17, 15) is 19.8 Å². The Morgan fingerprint density at radius 1 is 0.971 bits per heavy atom. The molecule has 5 rings (SSSR count). The van der Waals surface area contributed by atoms with Crippen molar-refractivity contribution >= 4 is 11.8 Å². The predicted octanol–water partition coefficient (Wildman–Crippen LogP) is 6.27. The van der Waals surface area contributed by atoms with Gasteiger partial charge in [0, 0.05) is 11.8 Å².